The molecule has 0 radical (unpaired) electrons. The molecule has 1 N–H and O–H groups in total. The van der Waals surface area contributed by atoms with Gasteiger partial charge in [-0.3, -0.25) is 9.55 Å². The van der Waals surface area contributed by atoms with Gasteiger partial charge in [-0.05, 0) is 74.7 Å². The number of nitrogens with zero attached hydrogens (tertiary/aromatic N) is 3. The first-order chi connectivity index (χ1) is 25.6. The van der Waals surface area contributed by atoms with Gasteiger partial charge >= 0.3 is 0 Å². The summed E-state index contributed by atoms with van der Waals surface area (Å²) >= 11 is 0. The molecule has 0 unspecified atom stereocenters. The Morgan fingerprint density at radius 3 is 1.84 bits per heavy atom. The van der Waals surface area contributed by atoms with Crippen LogP contribution in [0.4, 0.5) is 0 Å². The molecule has 7 aromatic rings. The third-order valence-electron chi connectivity index (χ3n) is 10.5. The summed E-state index contributed by atoms with van der Waals surface area (Å²) in [6.07, 6.45) is 1.84. The van der Waals surface area contributed by atoms with E-state index in [1.807, 2.05) is 42.6 Å². The Balaban J connectivity index is 0.00000514. The van der Waals surface area contributed by atoms with Gasteiger partial charge in [0.05, 0.1) is 22.3 Å². The summed E-state index contributed by atoms with van der Waals surface area (Å²) in [5.74, 6) is 1.39. The molecule has 0 saturated heterocycles. The minimum absolute atomic E-state index is 0. The number of hydrogen-bond donors (Lipinski definition) is 1. The van der Waals surface area contributed by atoms with E-state index in [4.69, 9.17) is 9.97 Å². The molecule has 0 atom stereocenters. The van der Waals surface area contributed by atoms with E-state index < -0.39 is 0 Å². The second-order valence-corrected chi connectivity index (χ2v) is 17.3. The van der Waals surface area contributed by atoms with Crippen molar-refractivity contribution in [1.82, 2.24) is 14.5 Å². The molecule has 2 aromatic heterocycles. The summed E-state index contributed by atoms with van der Waals surface area (Å²) in [6, 6.07) is 41.9. The fourth-order valence-electron chi connectivity index (χ4n) is 7.33. The van der Waals surface area contributed by atoms with E-state index in [0.29, 0.717) is 11.4 Å². The van der Waals surface area contributed by atoms with Gasteiger partial charge in [0.25, 0.3) is 0 Å². The van der Waals surface area contributed by atoms with Gasteiger partial charge in [-0.2, -0.15) is 0 Å². The number of imidazole rings is 1. The molecule has 284 valence electrons. The topological polar surface area (TPSA) is 50.9 Å². The molecule has 0 amide bonds. The maximum Gasteiger partial charge on any atom is 0.148 e. The van der Waals surface area contributed by atoms with Crippen LogP contribution in [0.5, 0.6) is 5.75 Å². The van der Waals surface area contributed by atoms with Crippen molar-refractivity contribution >= 4 is 11.0 Å². The second kappa shape index (κ2) is 15.4. The fourth-order valence-corrected chi connectivity index (χ4v) is 7.33. The quantitative estimate of drug-likeness (QED) is 0.162. The number of rotatable bonds is 7. The van der Waals surface area contributed by atoms with Gasteiger partial charge in [0.1, 0.15) is 11.6 Å². The molecule has 0 fully saturated rings. The zero-order valence-electron chi connectivity index (χ0n) is 33.7. The molecule has 7 rings (SSSR count). The van der Waals surface area contributed by atoms with Crippen molar-refractivity contribution in [3.8, 4) is 56.3 Å². The Bertz CT molecular complexity index is 2440. The van der Waals surface area contributed by atoms with E-state index in [9.17, 15) is 5.11 Å². The Kier molecular flexibility index (Phi) is 11.2. The number of para-hydroxylation sites is 1. The number of pyridine rings is 1. The molecule has 0 aliphatic carbocycles. The summed E-state index contributed by atoms with van der Waals surface area (Å²) in [7, 11) is 0. The van der Waals surface area contributed by atoms with Crippen LogP contribution in [0.25, 0.3) is 61.6 Å². The average Bonchev–Trinajstić information content (AvgIpc) is 3.53. The standard InChI is InChI=1S/C50H52N3O.Pt/c1-31(2)39-19-16-20-40(32(3)4)47(39)53-44-30-38(50(8,9)10)29-41(35-25-36(43-21-14-15-24-51-43)27-37(26-35)49(5,6)7)46(44)52-48(53)42-28-34(22-23-45(42)54)33-17-12-11-13-18-33;/h11-24,26-32,54H,1-10H3;/q-1;. The molecule has 0 saturated carbocycles. The molecule has 55 heavy (non-hydrogen) atoms. The summed E-state index contributed by atoms with van der Waals surface area (Å²) in [4.78, 5) is 10.4. The molecule has 0 aliphatic rings. The summed E-state index contributed by atoms with van der Waals surface area (Å²) in [5, 5.41) is 11.8. The number of phenolic OH excluding ortho intramolecular Hbond substituents is 1. The number of aromatic nitrogens is 3. The van der Waals surface area contributed by atoms with E-state index in [1.165, 1.54) is 22.3 Å². The predicted octanol–water partition coefficient (Wildman–Crippen LogP) is 13.4. The van der Waals surface area contributed by atoms with Gasteiger partial charge in [-0.1, -0.05) is 153 Å². The SMILES string of the molecule is CC(C)c1cccc(C(C)C)c1-n1c(-c2cc(-c3ccccc3)ccc2O)nc2c(-c3[c-]c(-c4ccccn4)cc(C(C)(C)C)c3)cc(C(C)(C)C)cc21.[Pt]. The second-order valence-electron chi connectivity index (χ2n) is 17.3. The number of hydrogen-bond acceptors (Lipinski definition) is 3. The van der Waals surface area contributed by atoms with E-state index in [2.05, 4.69) is 147 Å². The maximum atomic E-state index is 11.8. The van der Waals surface area contributed by atoms with Gasteiger partial charge in [-0.25, -0.2) is 4.98 Å². The maximum absolute atomic E-state index is 11.8. The molecule has 0 spiro atoms. The third kappa shape index (κ3) is 7.85. The molecule has 5 heteroatoms. The molecule has 2 heterocycles. The monoisotopic (exact) mass is 905 g/mol. The van der Waals surface area contributed by atoms with Crippen molar-refractivity contribution in [3.63, 3.8) is 0 Å². The van der Waals surface area contributed by atoms with Crippen LogP contribution in [0.15, 0.2) is 115 Å². The van der Waals surface area contributed by atoms with E-state index in [1.54, 1.807) is 6.07 Å². The Morgan fingerprint density at radius 2 is 1.24 bits per heavy atom. The van der Waals surface area contributed by atoms with E-state index in [0.717, 1.165) is 50.2 Å². The van der Waals surface area contributed by atoms with Gasteiger partial charge in [0, 0.05) is 33.0 Å². The molecule has 4 nitrogen and oxygen atoms in total. The van der Waals surface area contributed by atoms with Crippen molar-refractivity contribution in [2.45, 2.75) is 91.9 Å². The van der Waals surface area contributed by atoms with Crippen molar-refractivity contribution in [1.29, 1.82) is 0 Å². The first-order valence-corrected chi connectivity index (χ1v) is 19.2. The Labute approximate surface area is 342 Å². The van der Waals surface area contributed by atoms with E-state index in [-0.39, 0.29) is 49.5 Å². The largest absolute Gasteiger partial charge is 0.507 e. The molecular formula is C50H52N3OPt-. The molecular weight excluding hydrogens is 854 g/mol. The number of aromatic hydroxyl groups is 1. The van der Waals surface area contributed by atoms with Crippen LogP contribution in [0, 0.1) is 6.07 Å². The first kappa shape index (κ1) is 39.9. The average molecular weight is 906 g/mol. The smallest absolute Gasteiger partial charge is 0.148 e. The van der Waals surface area contributed by atoms with Gasteiger partial charge in [0.2, 0.25) is 0 Å². The van der Waals surface area contributed by atoms with Crippen molar-refractivity contribution in [2.75, 3.05) is 0 Å². The zero-order chi connectivity index (χ0) is 38.5. The Morgan fingerprint density at radius 1 is 0.618 bits per heavy atom. The van der Waals surface area contributed by atoms with Crippen LogP contribution in [0.1, 0.15) is 103 Å². The van der Waals surface area contributed by atoms with E-state index >= 15 is 0 Å². The predicted molar refractivity (Wildman–Crippen MR) is 227 cm³/mol. The zero-order valence-corrected chi connectivity index (χ0v) is 36.0. The van der Waals surface area contributed by atoms with Crippen molar-refractivity contribution < 1.29 is 26.2 Å². The summed E-state index contributed by atoms with van der Waals surface area (Å²) in [6.45, 7) is 22.6. The normalized spacial score (nSPS) is 12.1. The van der Waals surface area contributed by atoms with Gasteiger partial charge < -0.3 is 5.11 Å². The number of phenols is 1. The van der Waals surface area contributed by atoms with Crippen LogP contribution in [-0.2, 0) is 31.9 Å². The van der Waals surface area contributed by atoms with Crippen molar-refractivity contribution in [2.24, 2.45) is 0 Å². The third-order valence-corrected chi connectivity index (χ3v) is 10.5. The molecule has 0 aliphatic heterocycles. The van der Waals surface area contributed by atoms with Crippen LogP contribution < -0.4 is 0 Å². The van der Waals surface area contributed by atoms with Crippen LogP contribution in [-0.4, -0.2) is 19.6 Å². The Hall–Kier alpha value is -4.79. The number of fused-ring (bicyclic) bond motifs is 1. The minimum atomic E-state index is -0.169. The van der Waals surface area contributed by atoms with Crippen LogP contribution in [0.2, 0.25) is 0 Å². The van der Waals surface area contributed by atoms with Crippen LogP contribution in [0.3, 0.4) is 0 Å². The van der Waals surface area contributed by atoms with Gasteiger partial charge in [-0.15, -0.1) is 29.3 Å². The molecule has 0 bridgehead atoms. The van der Waals surface area contributed by atoms with Crippen LogP contribution >= 0.6 is 0 Å². The first-order valence-electron chi connectivity index (χ1n) is 19.2. The number of benzene rings is 5. The fraction of sp³-hybridized carbons (Fsp3) is 0.280. The summed E-state index contributed by atoms with van der Waals surface area (Å²) < 4.78 is 2.34. The summed E-state index contributed by atoms with van der Waals surface area (Å²) in [5.41, 5.74) is 14.2. The minimum Gasteiger partial charge on any atom is -0.507 e. The molecule has 5 aromatic carbocycles. The van der Waals surface area contributed by atoms with Gasteiger partial charge in [0.15, 0.2) is 0 Å². The van der Waals surface area contributed by atoms with Crippen molar-refractivity contribution in [3.05, 3.63) is 144 Å².